The summed E-state index contributed by atoms with van der Waals surface area (Å²) in [5.41, 5.74) is 3.10. The lowest BCUT2D eigenvalue weighted by atomic mass is 9.91. The van der Waals surface area contributed by atoms with Gasteiger partial charge < -0.3 is 9.15 Å². The molecule has 0 saturated carbocycles. The Kier molecular flexibility index (Phi) is 3.57. The second-order valence-corrected chi connectivity index (χ2v) is 7.36. The fraction of sp³-hybridized carbons (Fsp3) is 0.0370. The standard InChI is InChI=1S/C27H18O2/c1-2-9-19(10-3-1)26-16-23(21-12-6-7-13-24(21)28-26)27-17-22-20-11-5-4-8-18(20)14-15-25(22)29-27/h1-17,23H/t23-/m0/s1. The summed E-state index contributed by atoms with van der Waals surface area (Å²) in [6.07, 6.45) is 2.16. The monoisotopic (exact) mass is 374 g/mol. The maximum Gasteiger partial charge on any atom is 0.134 e. The molecule has 1 aromatic heterocycles. The summed E-state index contributed by atoms with van der Waals surface area (Å²) in [5.74, 6) is 2.67. The minimum absolute atomic E-state index is 0.00122. The van der Waals surface area contributed by atoms with Gasteiger partial charge in [-0.1, -0.05) is 78.9 Å². The first-order valence-electron chi connectivity index (χ1n) is 9.82. The van der Waals surface area contributed by atoms with E-state index >= 15 is 0 Å². The molecule has 0 N–H and O–H groups in total. The van der Waals surface area contributed by atoms with Crippen molar-refractivity contribution in [2.75, 3.05) is 0 Å². The van der Waals surface area contributed by atoms with Crippen molar-refractivity contribution in [3.05, 3.63) is 120 Å². The molecular formula is C27H18O2. The van der Waals surface area contributed by atoms with Crippen LogP contribution in [0.1, 0.15) is 22.8 Å². The molecular weight excluding hydrogens is 356 g/mol. The van der Waals surface area contributed by atoms with Crippen LogP contribution in [0.2, 0.25) is 0 Å². The Labute approximate surface area is 168 Å². The van der Waals surface area contributed by atoms with Crippen molar-refractivity contribution in [3.8, 4) is 5.75 Å². The van der Waals surface area contributed by atoms with Gasteiger partial charge in [-0.25, -0.2) is 0 Å². The molecule has 2 heteroatoms. The fourth-order valence-electron chi connectivity index (χ4n) is 4.18. The lowest BCUT2D eigenvalue weighted by Crippen LogP contribution is -2.09. The van der Waals surface area contributed by atoms with Gasteiger partial charge in [-0.3, -0.25) is 0 Å². The van der Waals surface area contributed by atoms with Crippen molar-refractivity contribution in [1.29, 1.82) is 0 Å². The third kappa shape index (κ3) is 2.65. The van der Waals surface area contributed by atoms with Crippen molar-refractivity contribution >= 4 is 27.5 Å². The molecule has 1 aliphatic heterocycles. The zero-order chi connectivity index (χ0) is 19.2. The molecule has 6 rings (SSSR count). The zero-order valence-electron chi connectivity index (χ0n) is 15.7. The number of fused-ring (bicyclic) bond motifs is 4. The molecule has 1 aliphatic rings. The average molecular weight is 374 g/mol. The molecule has 1 atom stereocenters. The predicted octanol–water partition coefficient (Wildman–Crippen LogP) is 7.15. The molecule has 0 aliphatic carbocycles. The Morgan fingerprint density at radius 1 is 0.655 bits per heavy atom. The van der Waals surface area contributed by atoms with Gasteiger partial charge in [0, 0.05) is 16.5 Å². The highest BCUT2D eigenvalue weighted by molar-refractivity contribution is 6.06. The lowest BCUT2D eigenvalue weighted by molar-refractivity contribution is 0.475. The summed E-state index contributed by atoms with van der Waals surface area (Å²) in [7, 11) is 0. The summed E-state index contributed by atoms with van der Waals surface area (Å²) in [6.45, 7) is 0. The van der Waals surface area contributed by atoms with Gasteiger partial charge in [0.25, 0.3) is 0 Å². The van der Waals surface area contributed by atoms with E-state index in [0.29, 0.717) is 0 Å². The average Bonchev–Trinajstić information content (AvgIpc) is 3.24. The highest BCUT2D eigenvalue weighted by atomic mass is 16.5. The van der Waals surface area contributed by atoms with E-state index in [1.807, 2.05) is 30.3 Å². The van der Waals surface area contributed by atoms with Gasteiger partial charge in [0.2, 0.25) is 0 Å². The van der Waals surface area contributed by atoms with Crippen molar-refractivity contribution in [3.63, 3.8) is 0 Å². The van der Waals surface area contributed by atoms with Crippen LogP contribution in [0.25, 0.3) is 27.5 Å². The Bertz CT molecular complexity index is 1380. The van der Waals surface area contributed by atoms with E-state index in [2.05, 4.69) is 72.8 Å². The van der Waals surface area contributed by atoms with E-state index in [-0.39, 0.29) is 5.92 Å². The minimum atomic E-state index is 0.00122. The van der Waals surface area contributed by atoms with Crippen LogP contribution in [0.5, 0.6) is 5.75 Å². The van der Waals surface area contributed by atoms with Crippen LogP contribution >= 0.6 is 0 Å². The molecule has 138 valence electrons. The van der Waals surface area contributed by atoms with Crippen molar-refractivity contribution in [1.82, 2.24) is 0 Å². The smallest absolute Gasteiger partial charge is 0.134 e. The number of benzene rings is 4. The summed E-state index contributed by atoms with van der Waals surface area (Å²) in [6, 6.07) is 33.2. The number of hydrogen-bond acceptors (Lipinski definition) is 2. The van der Waals surface area contributed by atoms with E-state index in [1.165, 1.54) is 10.8 Å². The van der Waals surface area contributed by atoms with Crippen molar-refractivity contribution < 1.29 is 9.15 Å². The number of rotatable bonds is 2. The molecule has 0 unspecified atom stereocenters. The van der Waals surface area contributed by atoms with Crippen LogP contribution in [0.15, 0.2) is 108 Å². The maximum atomic E-state index is 6.36. The van der Waals surface area contributed by atoms with Crippen LogP contribution in [0.3, 0.4) is 0 Å². The van der Waals surface area contributed by atoms with Gasteiger partial charge in [-0.2, -0.15) is 0 Å². The van der Waals surface area contributed by atoms with E-state index in [9.17, 15) is 0 Å². The number of furan rings is 1. The van der Waals surface area contributed by atoms with Gasteiger partial charge in [-0.05, 0) is 35.0 Å². The van der Waals surface area contributed by atoms with E-state index in [0.717, 1.165) is 39.4 Å². The Morgan fingerprint density at radius 2 is 1.45 bits per heavy atom. The molecule has 0 radical (unpaired) electrons. The second-order valence-electron chi connectivity index (χ2n) is 7.36. The van der Waals surface area contributed by atoms with Crippen molar-refractivity contribution in [2.45, 2.75) is 5.92 Å². The van der Waals surface area contributed by atoms with E-state index < -0.39 is 0 Å². The Balaban J connectivity index is 1.56. The number of ether oxygens (including phenoxy) is 1. The van der Waals surface area contributed by atoms with E-state index in [4.69, 9.17) is 9.15 Å². The van der Waals surface area contributed by atoms with E-state index in [1.54, 1.807) is 0 Å². The first-order valence-corrected chi connectivity index (χ1v) is 9.82. The minimum Gasteiger partial charge on any atom is -0.460 e. The maximum absolute atomic E-state index is 6.36. The highest BCUT2D eigenvalue weighted by Crippen LogP contribution is 2.42. The van der Waals surface area contributed by atoms with Crippen LogP contribution in [0.4, 0.5) is 0 Å². The summed E-state index contributed by atoms with van der Waals surface area (Å²) in [5, 5.41) is 3.59. The second kappa shape index (κ2) is 6.39. The summed E-state index contributed by atoms with van der Waals surface area (Å²) >= 11 is 0. The molecule has 0 amide bonds. The molecule has 2 heterocycles. The van der Waals surface area contributed by atoms with Crippen LogP contribution < -0.4 is 4.74 Å². The first-order chi connectivity index (χ1) is 14.4. The predicted molar refractivity (Wildman–Crippen MR) is 117 cm³/mol. The topological polar surface area (TPSA) is 22.4 Å². The van der Waals surface area contributed by atoms with Gasteiger partial charge in [0.05, 0.1) is 5.92 Å². The molecule has 4 aromatic carbocycles. The quantitative estimate of drug-likeness (QED) is 0.327. The van der Waals surface area contributed by atoms with Gasteiger partial charge in [0.15, 0.2) is 0 Å². The third-order valence-corrected chi connectivity index (χ3v) is 5.60. The molecule has 29 heavy (non-hydrogen) atoms. The summed E-state index contributed by atoms with van der Waals surface area (Å²) in [4.78, 5) is 0. The lowest BCUT2D eigenvalue weighted by Gasteiger charge is -2.24. The molecule has 5 aromatic rings. The number of para-hydroxylation sites is 1. The fourth-order valence-corrected chi connectivity index (χ4v) is 4.18. The van der Waals surface area contributed by atoms with Crippen LogP contribution in [0, 0.1) is 0 Å². The normalized spacial score (nSPS) is 15.7. The Hall–Kier alpha value is -3.78. The summed E-state index contributed by atoms with van der Waals surface area (Å²) < 4.78 is 12.6. The zero-order valence-corrected chi connectivity index (χ0v) is 15.7. The van der Waals surface area contributed by atoms with Gasteiger partial charge in [0.1, 0.15) is 22.9 Å². The Morgan fingerprint density at radius 3 is 2.38 bits per heavy atom. The largest absolute Gasteiger partial charge is 0.460 e. The SMILES string of the molecule is C1=C(c2ccccc2)Oc2ccccc2[C@H]1c1cc2c(ccc3ccccc32)o1. The molecule has 0 bridgehead atoms. The molecule has 2 nitrogen and oxygen atoms in total. The van der Waals surface area contributed by atoms with Gasteiger partial charge >= 0.3 is 0 Å². The van der Waals surface area contributed by atoms with Crippen molar-refractivity contribution in [2.24, 2.45) is 0 Å². The molecule has 0 fully saturated rings. The molecule has 0 spiro atoms. The highest BCUT2D eigenvalue weighted by Gasteiger charge is 2.26. The first kappa shape index (κ1) is 16.2. The van der Waals surface area contributed by atoms with Gasteiger partial charge in [-0.15, -0.1) is 0 Å². The van der Waals surface area contributed by atoms with Crippen LogP contribution in [-0.2, 0) is 0 Å². The van der Waals surface area contributed by atoms with Crippen LogP contribution in [-0.4, -0.2) is 0 Å². The number of hydrogen-bond donors (Lipinski definition) is 0. The third-order valence-electron chi connectivity index (χ3n) is 5.60. The number of allylic oxidation sites excluding steroid dienone is 1. The molecule has 0 saturated heterocycles.